The topological polar surface area (TPSA) is 58.6 Å². The Morgan fingerprint density at radius 3 is 2.64 bits per heavy atom. The molecule has 0 aliphatic carbocycles. The Kier molecular flexibility index (Phi) is 5.28. The number of ether oxygens (including phenoxy) is 1. The average Bonchev–Trinajstić information content (AvgIpc) is 2.96. The molecule has 0 radical (unpaired) electrons. The Morgan fingerprint density at radius 1 is 1.14 bits per heavy atom. The van der Waals surface area contributed by atoms with Gasteiger partial charge in [0.05, 0.1) is 18.1 Å². The minimum Gasteiger partial charge on any atom is -0.484 e. The van der Waals surface area contributed by atoms with E-state index in [1.807, 2.05) is 35.2 Å². The lowest BCUT2D eigenvalue weighted by Crippen LogP contribution is -2.46. The van der Waals surface area contributed by atoms with Crippen molar-refractivity contribution < 1.29 is 18.7 Å². The molecule has 0 saturated carbocycles. The fourth-order valence-electron chi connectivity index (χ4n) is 4.26. The number of hydrogen-bond donors (Lipinski definition) is 1. The van der Waals surface area contributed by atoms with Crippen molar-refractivity contribution in [2.75, 3.05) is 6.61 Å². The third kappa shape index (κ3) is 3.86. The lowest BCUT2D eigenvalue weighted by Gasteiger charge is -2.31. The summed E-state index contributed by atoms with van der Waals surface area (Å²) in [5.74, 6) is 0.0355. The molecule has 1 N–H and O–H groups in total. The van der Waals surface area contributed by atoms with Crippen LogP contribution < -0.4 is 10.1 Å². The number of carbonyl (C=O) groups is 2. The normalized spacial score (nSPS) is 24.2. The maximum atomic E-state index is 13.1. The molecule has 0 spiro atoms. The van der Waals surface area contributed by atoms with E-state index in [0.717, 1.165) is 18.4 Å². The van der Waals surface area contributed by atoms with E-state index in [1.54, 1.807) is 0 Å². The predicted molar refractivity (Wildman–Crippen MR) is 102 cm³/mol. The van der Waals surface area contributed by atoms with E-state index in [9.17, 15) is 14.0 Å². The summed E-state index contributed by atoms with van der Waals surface area (Å²) < 4.78 is 18.7. The largest absolute Gasteiger partial charge is 0.484 e. The molecule has 2 aliphatic heterocycles. The highest BCUT2D eigenvalue weighted by Gasteiger charge is 2.45. The summed E-state index contributed by atoms with van der Waals surface area (Å²) in [7, 11) is 0. The molecule has 2 amide bonds. The Balaban J connectivity index is 1.55. The van der Waals surface area contributed by atoms with Crippen LogP contribution in [0.1, 0.15) is 37.3 Å². The van der Waals surface area contributed by atoms with Crippen LogP contribution in [-0.2, 0) is 9.59 Å². The van der Waals surface area contributed by atoms with Crippen molar-refractivity contribution in [2.45, 2.75) is 43.8 Å². The summed E-state index contributed by atoms with van der Waals surface area (Å²) in [5, 5.41) is 3.09. The second kappa shape index (κ2) is 8.00. The molecule has 2 fully saturated rings. The van der Waals surface area contributed by atoms with Crippen LogP contribution in [0.4, 0.5) is 4.39 Å². The molecule has 5 nitrogen and oxygen atoms in total. The molecule has 2 saturated heterocycles. The molecule has 146 valence electrons. The van der Waals surface area contributed by atoms with Crippen LogP contribution in [0.3, 0.4) is 0 Å². The highest BCUT2D eigenvalue weighted by Crippen LogP contribution is 2.39. The summed E-state index contributed by atoms with van der Waals surface area (Å²) >= 11 is 0. The van der Waals surface area contributed by atoms with Gasteiger partial charge in [0.15, 0.2) is 6.61 Å². The molecule has 3 atom stereocenters. The average molecular weight is 382 g/mol. The molecule has 4 rings (SSSR count). The quantitative estimate of drug-likeness (QED) is 0.883. The summed E-state index contributed by atoms with van der Waals surface area (Å²) in [6.07, 6.45) is 2.74. The SMILES string of the molecule is O=C1CCC[C@@H]2[C@H](C[C@H](c3ccccc3)N2C(=O)COc2ccc(F)cc2)N1. The molecule has 2 aromatic rings. The van der Waals surface area contributed by atoms with Gasteiger partial charge in [-0.1, -0.05) is 30.3 Å². The Labute approximate surface area is 163 Å². The van der Waals surface area contributed by atoms with Crippen LogP contribution >= 0.6 is 0 Å². The third-order valence-electron chi connectivity index (χ3n) is 5.53. The van der Waals surface area contributed by atoms with E-state index < -0.39 is 0 Å². The smallest absolute Gasteiger partial charge is 0.261 e. The number of amides is 2. The number of rotatable bonds is 4. The van der Waals surface area contributed by atoms with Gasteiger partial charge in [-0.15, -0.1) is 0 Å². The van der Waals surface area contributed by atoms with E-state index in [0.29, 0.717) is 18.6 Å². The van der Waals surface area contributed by atoms with Gasteiger partial charge in [0, 0.05) is 6.42 Å². The summed E-state index contributed by atoms with van der Waals surface area (Å²) in [5.41, 5.74) is 1.06. The highest BCUT2D eigenvalue weighted by atomic mass is 19.1. The third-order valence-corrected chi connectivity index (χ3v) is 5.53. The first-order valence-corrected chi connectivity index (χ1v) is 9.65. The van der Waals surface area contributed by atoms with Gasteiger partial charge < -0.3 is 15.0 Å². The second-order valence-corrected chi connectivity index (χ2v) is 7.34. The van der Waals surface area contributed by atoms with Crippen molar-refractivity contribution in [1.82, 2.24) is 10.2 Å². The minimum absolute atomic E-state index is 0.0408. The predicted octanol–water partition coefficient (Wildman–Crippen LogP) is 3.22. The fourth-order valence-corrected chi connectivity index (χ4v) is 4.26. The Morgan fingerprint density at radius 2 is 1.89 bits per heavy atom. The number of likely N-dealkylation sites (tertiary alicyclic amines) is 1. The van der Waals surface area contributed by atoms with Gasteiger partial charge in [-0.2, -0.15) is 0 Å². The van der Waals surface area contributed by atoms with Crippen LogP contribution in [0, 0.1) is 5.82 Å². The number of nitrogens with zero attached hydrogens (tertiary/aromatic N) is 1. The molecule has 2 aromatic carbocycles. The molecule has 2 aliphatic rings. The van der Waals surface area contributed by atoms with Crippen LogP contribution in [0.25, 0.3) is 0 Å². The standard InChI is InChI=1S/C22H23FN2O3/c23-16-9-11-17(12-10-16)28-14-22(27)25-19-7-4-8-21(26)24-18(19)13-20(25)15-5-2-1-3-6-15/h1-3,5-6,9-12,18-20H,4,7-8,13-14H2,(H,24,26)/t18-,19+,20+/m0/s1. The zero-order valence-corrected chi connectivity index (χ0v) is 15.5. The lowest BCUT2D eigenvalue weighted by molar-refractivity contribution is -0.136. The van der Waals surface area contributed by atoms with Gasteiger partial charge in [-0.3, -0.25) is 9.59 Å². The van der Waals surface area contributed by atoms with E-state index in [2.05, 4.69) is 5.32 Å². The van der Waals surface area contributed by atoms with Crippen LogP contribution in [-0.4, -0.2) is 35.4 Å². The molecule has 2 heterocycles. The maximum absolute atomic E-state index is 13.1. The maximum Gasteiger partial charge on any atom is 0.261 e. The van der Waals surface area contributed by atoms with Crippen molar-refractivity contribution in [3.8, 4) is 5.75 Å². The van der Waals surface area contributed by atoms with Crippen molar-refractivity contribution in [3.63, 3.8) is 0 Å². The van der Waals surface area contributed by atoms with Crippen molar-refractivity contribution in [3.05, 3.63) is 66.0 Å². The summed E-state index contributed by atoms with van der Waals surface area (Å²) in [4.78, 5) is 27.0. The molecular weight excluding hydrogens is 359 g/mol. The number of fused-ring (bicyclic) bond motifs is 1. The van der Waals surface area contributed by atoms with Gasteiger partial charge in [0.2, 0.25) is 5.91 Å². The molecule has 0 unspecified atom stereocenters. The molecule has 0 bridgehead atoms. The van der Waals surface area contributed by atoms with Gasteiger partial charge in [0.25, 0.3) is 5.91 Å². The molecule has 0 aromatic heterocycles. The first kappa shape index (κ1) is 18.5. The van der Waals surface area contributed by atoms with E-state index in [1.165, 1.54) is 24.3 Å². The molecule has 28 heavy (non-hydrogen) atoms. The van der Waals surface area contributed by atoms with E-state index in [-0.39, 0.29) is 42.4 Å². The molecular formula is C22H23FN2O3. The van der Waals surface area contributed by atoms with Gasteiger partial charge in [-0.25, -0.2) is 4.39 Å². The number of halogens is 1. The monoisotopic (exact) mass is 382 g/mol. The van der Waals surface area contributed by atoms with Crippen LogP contribution in [0.15, 0.2) is 54.6 Å². The fraction of sp³-hybridized carbons (Fsp3) is 0.364. The number of carbonyl (C=O) groups excluding carboxylic acids is 2. The first-order valence-electron chi connectivity index (χ1n) is 9.65. The van der Waals surface area contributed by atoms with Crippen molar-refractivity contribution in [1.29, 1.82) is 0 Å². The van der Waals surface area contributed by atoms with Crippen LogP contribution in [0.5, 0.6) is 5.75 Å². The summed E-state index contributed by atoms with van der Waals surface area (Å²) in [6.45, 7) is -0.119. The highest BCUT2D eigenvalue weighted by molar-refractivity contribution is 5.80. The Hall–Kier alpha value is -2.89. The van der Waals surface area contributed by atoms with Gasteiger partial charge in [-0.05, 0) is 49.1 Å². The van der Waals surface area contributed by atoms with Gasteiger partial charge in [0.1, 0.15) is 11.6 Å². The lowest BCUT2D eigenvalue weighted by atomic mass is 10.0. The van der Waals surface area contributed by atoms with Crippen molar-refractivity contribution in [2.24, 2.45) is 0 Å². The van der Waals surface area contributed by atoms with Gasteiger partial charge >= 0.3 is 0 Å². The van der Waals surface area contributed by atoms with E-state index >= 15 is 0 Å². The van der Waals surface area contributed by atoms with Crippen molar-refractivity contribution >= 4 is 11.8 Å². The molecule has 6 heteroatoms. The van der Waals surface area contributed by atoms with Crippen LogP contribution in [0.2, 0.25) is 0 Å². The zero-order valence-electron chi connectivity index (χ0n) is 15.5. The minimum atomic E-state index is -0.348. The Bertz CT molecular complexity index is 841. The van der Waals surface area contributed by atoms with E-state index in [4.69, 9.17) is 4.74 Å². The number of hydrogen-bond acceptors (Lipinski definition) is 3. The number of benzene rings is 2. The number of nitrogens with one attached hydrogen (secondary N) is 1. The summed E-state index contributed by atoms with van der Waals surface area (Å²) in [6, 6.07) is 15.3. The zero-order chi connectivity index (χ0) is 19.5. The first-order chi connectivity index (χ1) is 13.6. The second-order valence-electron chi connectivity index (χ2n) is 7.34.